The van der Waals surface area contributed by atoms with Crippen molar-refractivity contribution in [1.82, 2.24) is 0 Å². The Balaban J connectivity index is 1.82. The Hall–Kier alpha value is -1.97. The number of hydrogen-bond donors (Lipinski definition) is 0. The third-order valence-electron chi connectivity index (χ3n) is 3.26. The van der Waals surface area contributed by atoms with Crippen molar-refractivity contribution < 1.29 is 17.9 Å². The number of rotatable bonds is 1. The number of para-hydroxylation sites is 1. The molecule has 0 spiro atoms. The predicted molar refractivity (Wildman–Crippen MR) is 65.0 cm³/mol. The van der Waals surface area contributed by atoms with E-state index in [-0.39, 0.29) is 6.10 Å². The van der Waals surface area contributed by atoms with E-state index in [0.29, 0.717) is 6.42 Å². The van der Waals surface area contributed by atoms with Crippen molar-refractivity contribution in [3.8, 4) is 5.75 Å². The van der Waals surface area contributed by atoms with Gasteiger partial charge in [0.1, 0.15) is 11.9 Å². The van der Waals surface area contributed by atoms with Gasteiger partial charge in [-0.25, -0.2) is 0 Å². The van der Waals surface area contributed by atoms with Crippen LogP contribution in [0.1, 0.15) is 22.8 Å². The van der Waals surface area contributed by atoms with E-state index in [2.05, 4.69) is 0 Å². The van der Waals surface area contributed by atoms with Gasteiger partial charge in [-0.2, -0.15) is 13.2 Å². The second kappa shape index (κ2) is 4.30. The van der Waals surface area contributed by atoms with Crippen LogP contribution in [0.3, 0.4) is 0 Å². The largest absolute Gasteiger partial charge is 0.485 e. The van der Waals surface area contributed by atoms with Crippen molar-refractivity contribution in [2.45, 2.75) is 18.7 Å². The lowest BCUT2D eigenvalue weighted by Gasteiger charge is -2.12. The van der Waals surface area contributed by atoms with E-state index < -0.39 is 11.7 Å². The molecule has 2 aromatic rings. The Morgan fingerprint density at radius 3 is 2.26 bits per heavy atom. The van der Waals surface area contributed by atoms with E-state index in [1.165, 1.54) is 12.1 Å². The van der Waals surface area contributed by atoms with Crippen LogP contribution in [0.25, 0.3) is 0 Å². The van der Waals surface area contributed by atoms with Crippen LogP contribution < -0.4 is 4.74 Å². The summed E-state index contributed by atoms with van der Waals surface area (Å²) in [5.41, 5.74) is 1.23. The van der Waals surface area contributed by atoms with E-state index >= 15 is 0 Å². The topological polar surface area (TPSA) is 9.23 Å². The Kier molecular flexibility index (Phi) is 2.73. The molecule has 98 valence electrons. The van der Waals surface area contributed by atoms with E-state index in [1.54, 1.807) is 0 Å². The quantitative estimate of drug-likeness (QED) is 0.742. The maximum absolute atomic E-state index is 12.5. The Morgan fingerprint density at radius 1 is 0.947 bits per heavy atom. The van der Waals surface area contributed by atoms with Gasteiger partial charge in [-0.1, -0.05) is 30.3 Å². The van der Waals surface area contributed by atoms with Crippen LogP contribution in [-0.2, 0) is 12.6 Å². The lowest BCUT2D eigenvalue weighted by Crippen LogP contribution is -2.07. The standard InChI is InChI=1S/C15H11F3O/c16-15(17,18)12-7-5-10(6-8-12)14-9-11-3-1-2-4-13(11)19-14/h1-8,14H,9H2. The zero-order chi connectivity index (χ0) is 13.5. The predicted octanol–water partition coefficient (Wildman–Crippen LogP) is 4.38. The highest BCUT2D eigenvalue weighted by molar-refractivity contribution is 5.40. The number of fused-ring (bicyclic) bond motifs is 1. The second-order valence-corrected chi connectivity index (χ2v) is 4.54. The molecule has 1 nitrogen and oxygen atoms in total. The Bertz CT molecular complexity index is 562. The van der Waals surface area contributed by atoms with Gasteiger partial charge in [0.15, 0.2) is 0 Å². The molecule has 0 saturated carbocycles. The molecule has 1 heterocycles. The van der Waals surface area contributed by atoms with Gasteiger partial charge in [0, 0.05) is 6.42 Å². The van der Waals surface area contributed by atoms with Crippen LogP contribution in [0.4, 0.5) is 13.2 Å². The summed E-state index contributed by atoms with van der Waals surface area (Å²) in [6.45, 7) is 0. The molecule has 1 unspecified atom stereocenters. The van der Waals surface area contributed by atoms with Gasteiger partial charge in [-0.3, -0.25) is 0 Å². The molecule has 0 N–H and O–H groups in total. The van der Waals surface area contributed by atoms with Crippen LogP contribution in [0, 0.1) is 0 Å². The van der Waals surface area contributed by atoms with Crippen LogP contribution in [0.15, 0.2) is 48.5 Å². The minimum Gasteiger partial charge on any atom is -0.485 e. The van der Waals surface area contributed by atoms with Gasteiger partial charge in [-0.05, 0) is 29.3 Å². The zero-order valence-corrected chi connectivity index (χ0v) is 9.95. The first-order valence-corrected chi connectivity index (χ1v) is 5.96. The summed E-state index contributed by atoms with van der Waals surface area (Å²) in [7, 11) is 0. The Labute approximate surface area is 108 Å². The smallest absolute Gasteiger partial charge is 0.416 e. The molecule has 0 bridgehead atoms. The van der Waals surface area contributed by atoms with Crippen molar-refractivity contribution in [2.75, 3.05) is 0 Å². The molecule has 0 saturated heterocycles. The molecule has 0 aliphatic carbocycles. The summed E-state index contributed by atoms with van der Waals surface area (Å²) in [6.07, 6.45) is -3.79. The van der Waals surface area contributed by atoms with E-state index in [1.807, 2.05) is 24.3 Å². The average molecular weight is 264 g/mol. The molecular weight excluding hydrogens is 253 g/mol. The summed E-state index contributed by atoms with van der Waals surface area (Å²) in [5, 5.41) is 0. The molecule has 0 fully saturated rings. The minimum absolute atomic E-state index is 0.195. The van der Waals surface area contributed by atoms with Crippen LogP contribution in [-0.4, -0.2) is 0 Å². The van der Waals surface area contributed by atoms with E-state index in [4.69, 9.17) is 4.74 Å². The number of benzene rings is 2. The van der Waals surface area contributed by atoms with Gasteiger partial charge < -0.3 is 4.74 Å². The second-order valence-electron chi connectivity index (χ2n) is 4.54. The fraction of sp³-hybridized carbons (Fsp3) is 0.200. The number of ether oxygens (including phenoxy) is 1. The summed E-state index contributed by atoms with van der Waals surface area (Å²) < 4.78 is 43.2. The van der Waals surface area contributed by atoms with Crippen molar-refractivity contribution in [1.29, 1.82) is 0 Å². The van der Waals surface area contributed by atoms with Crippen LogP contribution in [0.2, 0.25) is 0 Å². The molecule has 4 heteroatoms. The maximum Gasteiger partial charge on any atom is 0.416 e. The first-order valence-electron chi connectivity index (χ1n) is 5.96. The van der Waals surface area contributed by atoms with Crippen LogP contribution in [0.5, 0.6) is 5.75 Å². The van der Waals surface area contributed by atoms with Crippen molar-refractivity contribution >= 4 is 0 Å². The SMILES string of the molecule is FC(F)(F)c1ccc(C2Cc3ccccc3O2)cc1. The van der Waals surface area contributed by atoms with Gasteiger partial charge in [0.05, 0.1) is 5.56 Å². The third-order valence-corrected chi connectivity index (χ3v) is 3.26. The minimum atomic E-state index is -4.29. The van der Waals surface area contributed by atoms with Crippen molar-refractivity contribution in [3.05, 3.63) is 65.2 Å². The molecule has 19 heavy (non-hydrogen) atoms. The zero-order valence-electron chi connectivity index (χ0n) is 9.95. The number of hydrogen-bond acceptors (Lipinski definition) is 1. The molecule has 1 atom stereocenters. The fourth-order valence-corrected chi connectivity index (χ4v) is 2.25. The lowest BCUT2D eigenvalue weighted by molar-refractivity contribution is -0.137. The Morgan fingerprint density at radius 2 is 1.63 bits per heavy atom. The third kappa shape index (κ3) is 2.30. The molecule has 3 rings (SSSR count). The van der Waals surface area contributed by atoms with Gasteiger partial charge in [-0.15, -0.1) is 0 Å². The molecule has 1 aliphatic rings. The monoisotopic (exact) mass is 264 g/mol. The van der Waals surface area contributed by atoms with Crippen LogP contribution >= 0.6 is 0 Å². The summed E-state index contributed by atoms with van der Waals surface area (Å²) in [6, 6.07) is 12.8. The molecule has 0 aromatic heterocycles. The van der Waals surface area contributed by atoms with E-state index in [9.17, 15) is 13.2 Å². The average Bonchev–Trinajstić information content (AvgIpc) is 2.81. The first-order chi connectivity index (χ1) is 9.04. The van der Waals surface area contributed by atoms with Gasteiger partial charge >= 0.3 is 6.18 Å². The van der Waals surface area contributed by atoms with Gasteiger partial charge in [0.25, 0.3) is 0 Å². The summed E-state index contributed by atoms with van der Waals surface area (Å²) >= 11 is 0. The fourth-order valence-electron chi connectivity index (χ4n) is 2.25. The normalized spacial score (nSPS) is 17.9. The number of alkyl halides is 3. The lowest BCUT2D eigenvalue weighted by atomic mass is 10.0. The molecule has 0 amide bonds. The molecule has 0 radical (unpaired) electrons. The molecule has 2 aromatic carbocycles. The summed E-state index contributed by atoms with van der Waals surface area (Å²) in [5.74, 6) is 0.812. The highest BCUT2D eigenvalue weighted by Gasteiger charge is 2.31. The highest BCUT2D eigenvalue weighted by Crippen LogP contribution is 2.37. The first kappa shape index (κ1) is 12.1. The van der Waals surface area contributed by atoms with E-state index in [0.717, 1.165) is 29.0 Å². The summed E-state index contributed by atoms with van der Waals surface area (Å²) in [4.78, 5) is 0. The highest BCUT2D eigenvalue weighted by atomic mass is 19.4. The molecular formula is C15H11F3O. The maximum atomic E-state index is 12.5. The van der Waals surface area contributed by atoms with Crippen molar-refractivity contribution in [3.63, 3.8) is 0 Å². The van der Waals surface area contributed by atoms with Gasteiger partial charge in [0.2, 0.25) is 0 Å². The number of halogens is 3. The molecule has 1 aliphatic heterocycles. The van der Waals surface area contributed by atoms with Crippen molar-refractivity contribution in [2.24, 2.45) is 0 Å².